The third-order valence-electron chi connectivity index (χ3n) is 18.5. The Hall–Kier alpha value is -10.4. The van der Waals surface area contributed by atoms with E-state index >= 15 is 0 Å². The minimum absolute atomic E-state index is 0.207. The van der Waals surface area contributed by atoms with E-state index in [1.807, 2.05) is 34.3 Å². The summed E-state index contributed by atoms with van der Waals surface area (Å²) in [6.07, 6.45) is 3.84. The van der Waals surface area contributed by atoms with E-state index in [4.69, 9.17) is 61.6 Å². The highest BCUT2D eigenvalue weighted by Gasteiger charge is 2.26. The van der Waals surface area contributed by atoms with Crippen molar-refractivity contribution < 1.29 is 191 Å². The van der Waals surface area contributed by atoms with Gasteiger partial charge in [0.05, 0.1) is 209 Å². The molecular weight excluding hydrogens is 1880 g/mol. The van der Waals surface area contributed by atoms with Gasteiger partial charge in [-0.05, 0) is 96.9 Å². The molecule has 0 spiro atoms. The molecule has 0 saturated heterocycles. The summed E-state index contributed by atoms with van der Waals surface area (Å²) in [6, 6.07) is 0. The topological polar surface area (TPSA) is 541 Å². The van der Waals surface area contributed by atoms with Gasteiger partial charge in [-0.15, -0.1) is 0 Å². The van der Waals surface area contributed by atoms with E-state index < -0.39 is 10.8 Å². The van der Waals surface area contributed by atoms with Crippen molar-refractivity contribution >= 4 is 114 Å². The molecule has 0 aliphatic rings. The number of rotatable bonds is 74. The van der Waals surface area contributed by atoms with Crippen LogP contribution in [-0.2, 0) is 191 Å². The van der Waals surface area contributed by atoms with Crippen molar-refractivity contribution in [2.75, 3.05) is 293 Å². The van der Waals surface area contributed by atoms with Crippen LogP contribution in [0.4, 0.5) is 0 Å². The molecule has 0 saturated carbocycles. The Morgan fingerprint density at radius 3 is 0.472 bits per heavy atom. The molecule has 0 bridgehead atoms. The maximum absolute atomic E-state index is 11.8. The van der Waals surface area contributed by atoms with Gasteiger partial charge < -0.3 is 99.5 Å². The van der Waals surface area contributed by atoms with Gasteiger partial charge in [0.1, 0.15) is 33.0 Å². The fraction of sp³-hybridized carbons (Fsp3) is 0.800. The van der Waals surface area contributed by atoms with E-state index in [0.717, 1.165) is 0 Å². The Labute approximate surface area is 840 Å². The van der Waals surface area contributed by atoms with Crippen LogP contribution >= 0.6 is 0 Å². The number of hydrogen-bond donors (Lipinski definition) is 0. The summed E-state index contributed by atoms with van der Waals surface area (Å²) in [5.41, 5.74) is -1.11. The zero-order chi connectivity index (χ0) is 109. The Balaban J connectivity index is -0.000000300. The van der Waals surface area contributed by atoms with Crippen LogP contribution in [0.15, 0.2) is 0 Å². The van der Waals surface area contributed by atoms with Gasteiger partial charge in [0.2, 0.25) is 0 Å². The van der Waals surface area contributed by atoms with E-state index in [1.165, 1.54) is 42.7 Å². The van der Waals surface area contributed by atoms with Gasteiger partial charge in [-0.25, -0.2) is 0 Å². The second kappa shape index (κ2) is 101. The average Bonchev–Trinajstić information content (AvgIpc) is 0.908. The molecule has 0 aromatic heterocycles. The molecule has 0 rings (SSSR count). The largest absolute Gasteiger partial charge is 0.469 e. The van der Waals surface area contributed by atoms with Gasteiger partial charge in [-0.2, -0.15) is 0 Å². The van der Waals surface area contributed by atoms with Crippen molar-refractivity contribution in [1.82, 2.24) is 34.3 Å². The van der Waals surface area contributed by atoms with Crippen molar-refractivity contribution in [3.05, 3.63) is 0 Å². The fourth-order valence-electron chi connectivity index (χ4n) is 10.6. The number of carbonyl (C=O) groups excluding carboxylic acids is 19. The Kier molecular flexibility index (Phi) is 102. The number of hydrogen-bond acceptors (Lipinski definition) is 47. The second-order valence-corrected chi connectivity index (χ2v) is 31.6. The molecule has 0 aromatic rings. The Bertz CT molecular complexity index is 3210. The molecular formula is C95H173N7O40. The summed E-state index contributed by atoms with van der Waals surface area (Å²) in [5, 5.41) is 0. The second-order valence-electron chi connectivity index (χ2n) is 31.6. The highest BCUT2D eigenvalue weighted by atomic mass is 16.6. The number of esters is 17. The minimum Gasteiger partial charge on any atom is -0.469 e. The maximum atomic E-state index is 11.8. The standard InChI is InChI=1S/C17H31NO6.2C15H27NO6.C13H23NO6.C13H25NO5.C11H19NO6.C11H21NO5/c1-6-22-14(19)8-10-18(11-9-15(20)23-7-2)12-13-24-16(21)17(3,4)5;1-15(2,3)14(19)22-11-10-16(8-6-12(17)20-4)9-7-13(18)21-5;1-4-13(17)22-12-11-16(9-7-14(18)20-5-2)10-8-15(19)21-6-3;1-3-19-12(16)5-7-14(9-10-18-11-15)8-6-13(17)20-4-2;1-4-18-12(15)6-8-14(10-11-17-3)9-7-13(16)19-5-2;1-16-10(14)3-5-12(7-8-18-9-13)6-4-11(15)17-2;1-15-9-8-12(6-4-10(13)16-2)7-5-11(14)17-3/h6-13H2,1-5H3;6-11H2,1-5H3;4-12H2,1-3H3;11H,3-10H2,1-2H3;4-11H2,1-3H3;9H,3-8H2,1-2H3;4-9H2,1-3H3. The quantitative estimate of drug-likeness (QED) is 0.0342. The zero-order valence-electron chi connectivity index (χ0n) is 89.2. The average molecular weight is 2050 g/mol. The van der Waals surface area contributed by atoms with Gasteiger partial charge >= 0.3 is 101 Å². The molecule has 0 fully saturated rings. The lowest BCUT2D eigenvalue weighted by atomic mass is 9.97. The molecule has 0 aliphatic carbocycles. The van der Waals surface area contributed by atoms with Crippen LogP contribution < -0.4 is 0 Å². The lowest BCUT2D eigenvalue weighted by molar-refractivity contribution is -0.154. The molecule has 47 nitrogen and oxygen atoms in total. The van der Waals surface area contributed by atoms with Crippen molar-refractivity contribution in [1.29, 1.82) is 0 Å². The van der Waals surface area contributed by atoms with Gasteiger partial charge in [-0.1, -0.05) is 6.92 Å². The van der Waals surface area contributed by atoms with E-state index in [-0.39, 0.29) is 199 Å². The molecule has 142 heavy (non-hydrogen) atoms. The summed E-state index contributed by atoms with van der Waals surface area (Å²) >= 11 is 0. The van der Waals surface area contributed by atoms with E-state index in [0.29, 0.717) is 249 Å². The van der Waals surface area contributed by atoms with Crippen LogP contribution in [0.5, 0.6) is 0 Å². The fourth-order valence-corrected chi connectivity index (χ4v) is 10.6. The van der Waals surface area contributed by atoms with E-state index in [9.17, 15) is 91.1 Å². The summed E-state index contributed by atoms with van der Waals surface area (Å²) in [6.45, 7) is 42.4. The zero-order valence-corrected chi connectivity index (χ0v) is 89.2. The molecule has 0 aromatic carbocycles. The summed E-state index contributed by atoms with van der Waals surface area (Å²) in [4.78, 5) is 225. The van der Waals surface area contributed by atoms with Gasteiger partial charge in [0.25, 0.3) is 12.9 Å². The molecule has 0 heterocycles. The maximum Gasteiger partial charge on any atom is 0.311 e. The molecule has 0 amide bonds. The summed E-state index contributed by atoms with van der Waals surface area (Å²) < 4.78 is 101. The summed E-state index contributed by atoms with van der Waals surface area (Å²) in [5.74, 6) is -4.80. The lowest BCUT2D eigenvalue weighted by Crippen LogP contribution is -2.34. The van der Waals surface area contributed by atoms with E-state index in [2.05, 4.69) is 37.9 Å². The first-order valence-corrected chi connectivity index (χ1v) is 47.8. The van der Waals surface area contributed by atoms with Crippen molar-refractivity contribution in [2.45, 2.75) is 200 Å². The highest BCUT2D eigenvalue weighted by molar-refractivity contribution is 5.77. The van der Waals surface area contributed by atoms with Crippen LogP contribution in [0.25, 0.3) is 0 Å². The first kappa shape index (κ1) is 145. The molecule has 0 unspecified atom stereocenters. The molecule has 828 valence electrons. The predicted molar refractivity (Wildman–Crippen MR) is 515 cm³/mol. The first-order chi connectivity index (χ1) is 67.5. The van der Waals surface area contributed by atoms with Crippen molar-refractivity contribution in [3.63, 3.8) is 0 Å². The predicted octanol–water partition coefficient (Wildman–Crippen LogP) is 4.79. The van der Waals surface area contributed by atoms with Crippen LogP contribution in [-0.4, -0.2) is 442 Å². The number of nitrogens with zero attached hydrogens (tertiary/aromatic N) is 7. The molecule has 47 heteroatoms. The monoisotopic (exact) mass is 2050 g/mol. The highest BCUT2D eigenvalue weighted by Crippen LogP contribution is 2.17. The van der Waals surface area contributed by atoms with Crippen molar-refractivity contribution in [2.24, 2.45) is 10.8 Å². The molecule has 0 radical (unpaired) electrons. The number of methoxy groups -OCH3 is 8. The van der Waals surface area contributed by atoms with Crippen molar-refractivity contribution in [3.8, 4) is 0 Å². The van der Waals surface area contributed by atoms with E-state index in [1.54, 1.807) is 118 Å². The molecule has 0 atom stereocenters. The normalized spacial score (nSPS) is 10.6. The lowest BCUT2D eigenvalue weighted by Gasteiger charge is -2.23. The van der Waals surface area contributed by atoms with Crippen LogP contribution in [0.3, 0.4) is 0 Å². The number of ether oxygens (including phenoxy) is 21. The first-order valence-electron chi connectivity index (χ1n) is 47.8. The third kappa shape index (κ3) is 101. The Morgan fingerprint density at radius 1 is 0.190 bits per heavy atom. The SMILES string of the molecule is CCOC(=O)CCN(CCOC(=O)C(C)(C)C)CCC(=O)OCC.CCOC(=O)CCN(CCOC(=O)CC)CCC(=O)OCC.CCOC(=O)CCN(CCOC)CCC(=O)OCC.CCOC(=O)CCN(CCOC=O)CCC(=O)OCC.COC(=O)CCN(CCOC(=O)C(C)(C)C)CCC(=O)OC.COC(=O)CCN(CCOC=O)CCC(=O)OC.COCCN(CCC(=O)OC)CCC(=O)OC. The van der Waals surface area contributed by atoms with Gasteiger partial charge in [0, 0.05) is 158 Å². The summed E-state index contributed by atoms with van der Waals surface area (Å²) in [7, 11) is 11.2. The van der Waals surface area contributed by atoms with Crippen LogP contribution in [0.1, 0.15) is 200 Å². The van der Waals surface area contributed by atoms with Crippen LogP contribution in [0, 0.1) is 10.8 Å². The molecule has 0 aliphatic heterocycles. The molecule has 0 N–H and O–H groups in total. The Morgan fingerprint density at radius 2 is 0.338 bits per heavy atom. The van der Waals surface area contributed by atoms with Gasteiger partial charge in [0.15, 0.2) is 0 Å². The van der Waals surface area contributed by atoms with Gasteiger partial charge in [-0.3, -0.25) is 125 Å². The minimum atomic E-state index is -0.555. The van der Waals surface area contributed by atoms with Crippen LogP contribution in [0.2, 0.25) is 0 Å². The third-order valence-corrected chi connectivity index (χ3v) is 18.5. The number of carbonyl (C=O) groups is 19. The smallest absolute Gasteiger partial charge is 0.311 e.